The Bertz CT molecular complexity index is 215. The first kappa shape index (κ1) is 11.8. The fourth-order valence-corrected chi connectivity index (χ4v) is 0.847. The van der Waals surface area contributed by atoms with E-state index in [1.165, 1.54) is 21.0 Å². The second-order valence-electron chi connectivity index (χ2n) is 3.40. The molecule has 2 N–H and O–H groups in total. The Morgan fingerprint density at radius 2 is 2.15 bits per heavy atom. The predicted molar refractivity (Wildman–Crippen MR) is 45.7 cm³/mol. The van der Waals surface area contributed by atoms with E-state index in [1.807, 2.05) is 0 Å². The summed E-state index contributed by atoms with van der Waals surface area (Å²) in [7, 11) is 1.20. The van der Waals surface area contributed by atoms with Gasteiger partial charge in [-0.3, -0.25) is 14.9 Å². The average Bonchev–Trinajstić information content (AvgIpc) is 2.01. The minimum absolute atomic E-state index is 0.0350. The van der Waals surface area contributed by atoms with Gasteiger partial charge in [-0.1, -0.05) is 0 Å². The van der Waals surface area contributed by atoms with Crippen molar-refractivity contribution >= 4 is 5.97 Å². The molecule has 0 aliphatic rings. The summed E-state index contributed by atoms with van der Waals surface area (Å²) in [6, 6.07) is -0.939. The van der Waals surface area contributed by atoms with Crippen LogP contribution < -0.4 is 5.73 Å². The molecule has 0 rings (SSSR count). The lowest BCUT2D eigenvalue weighted by molar-refractivity contribution is -0.561. The highest BCUT2D eigenvalue weighted by Crippen LogP contribution is 2.14. The highest BCUT2D eigenvalue weighted by Gasteiger charge is 2.35. The van der Waals surface area contributed by atoms with Crippen molar-refractivity contribution in [2.75, 3.05) is 7.11 Å². The van der Waals surface area contributed by atoms with E-state index in [0.717, 1.165) is 0 Å². The predicted octanol–water partition coefficient (Wildman–Crippen LogP) is -0.0679. The van der Waals surface area contributed by atoms with Gasteiger partial charge in [0.2, 0.25) is 5.54 Å². The molecule has 0 saturated heterocycles. The summed E-state index contributed by atoms with van der Waals surface area (Å²) >= 11 is 0. The average molecular weight is 190 g/mol. The fraction of sp³-hybridized carbons (Fsp3) is 0.857. The lowest BCUT2D eigenvalue weighted by atomic mass is 9.97. The number of ether oxygens (including phenoxy) is 1. The van der Waals surface area contributed by atoms with Crippen LogP contribution in [0.3, 0.4) is 0 Å². The van der Waals surface area contributed by atoms with Crippen molar-refractivity contribution in [1.82, 2.24) is 0 Å². The van der Waals surface area contributed by atoms with Gasteiger partial charge in [-0.15, -0.1) is 0 Å². The van der Waals surface area contributed by atoms with Crippen molar-refractivity contribution in [3.63, 3.8) is 0 Å². The number of methoxy groups -OCH3 is 1. The second-order valence-corrected chi connectivity index (χ2v) is 3.40. The summed E-state index contributed by atoms with van der Waals surface area (Å²) in [6.07, 6.45) is -0.0350. The molecule has 0 heterocycles. The highest BCUT2D eigenvalue weighted by atomic mass is 16.6. The van der Waals surface area contributed by atoms with E-state index in [1.54, 1.807) is 0 Å². The van der Waals surface area contributed by atoms with Gasteiger partial charge in [-0.2, -0.15) is 0 Å². The van der Waals surface area contributed by atoms with Gasteiger partial charge in [-0.25, -0.2) is 0 Å². The Hall–Kier alpha value is -1.17. The first-order chi connectivity index (χ1) is 5.81. The van der Waals surface area contributed by atoms with E-state index in [2.05, 4.69) is 4.74 Å². The lowest BCUT2D eigenvalue weighted by Gasteiger charge is -2.18. The molecule has 0 aromatic carbocycles. The molecule has 0 spiro atoms. The quantitative estimate of drug-likeness (QED) is 0.380. The summed E-state index contributed by atoms with van der Waals surface area (Å²) in [5.74, 6) is -0.630. The summed E-state index contributed by atoms with van der Waals surface area (Å²) in [5, 5.41) is 10.5. The van der Waals surface area contributed by atoms with E-state index >= 15 is 0 Å². The smallest absolute Gasteiger partial charge is 0.322 e. The lowest BCUT2D eigenvalue weighted by Crippen LogP contribution is -2.42. The Kier molecular flexibility index (Phi) is 3.80. The largest absolute Gasteiger partial charge is 0.468 e. The zero-order valence-electron chi connectivity index (χ0n) is 7.94. The Morgan fingerprint density at radius 1 is 1.69 bits per heavy atom. The van der Waals surface area contributed by atoms with Crippen LogP contribution in [0.15, 0.2) is 0 Å². The van der Waals surface area contributed by atoms with Crippen LogP contribution in [0.25, 0.3) is 0 Å². The molecule has 13 heavy (non-hydrogen) atoms. The van der Waals surface area contributed by atoms with Crippen molar-refractivity contribution in [3.05, 3.63) is 10.1 Å². The minimum atomic E-state index is -1.20. The number of nitro groups is 1. The number of nitrogens with zero attached hydrogens (tertiary/aromatic N) is 1. The molecule has 0 fully saturated rings. The number of esters is 1. The summed E-state index contributed by atoms with van der Waals surface area (Å²) in [5.41, 5.74) is 4.17. The SMILES string of the molecule is COC(=O)C(N)CC(C)(C)[N+](=O)[O-]. The van der Waals surface area contributed by atoms with Crippen molar-refractivity contribution in [2.24, 2.45) is 5.73 Å². The van der Waals surface area contributed by atoms with Crippen LogP contribution in [-0.2, 0) is 9.53 Å². The maximum absolute atomic E-state index is 10.8. The first-order valence-corrected chi connectivity index (χ1v) is 3.79. The molecule has 0 aromatic rings. The molecule has 0 radical (unpaired) electrons. The molecule has 0 aliphatic heterocycles. The molecule has 0 bridgehead atoms. The number of carbonyl (C=O) groups is 1. The molecule has 6 heteroatoms. The van der Waals surface area contributed by atoms with Gasteiger partial charge in [0.25, 0.3) is 0 Å². The number of hydrogen-bond donors (Lipinski definition) is 1. The van der Waals surface area contributed by atoms with E-state index in [9.17, 15) is 14.9 Å². The van der Waals surface area contributed by atoms with Crippen LogP contribution in [-0.4, -0.2) is 29.6 Å². The van der Waals surface area contributed by atoms with Crippen molar-refractivity contribution in [3.8, 4) is 0 Å². The van der Waals surface area contributed by atoms with E-state index in [4.69, 9.17) is 5.73 Å². The topological polar surface area (TPSA) is 95.5 Å². The molecular formula is C7H14N2O4. The van der Waals surface area contributed by atoms with Gasteiger partial charge in [0.05, 0.1) is 7.11 Å². The van der Waals surface area contributed by atoms with Gasteiger partial charge >= 0.3 is 5.97 Å². The van der Waals surface area contributed by atoms with Crippen LogP contribution in [0.5, 0.6) is 0 Å². The standard InChI is InChI=1S/C7H14N2O4/c1-7(2,9(11)12)4-5(8)6(10)13-3/h5H,4,8H2,1-3H3. The fourth-order valence-electron chi connectivity index (χ4n) is 0.847. The van der Waals surface area contributed by atoms with Gasteiger partial charge in [0, 0.05) is 25.2 Å². The molecule has 0 amide bonds. The Labute approximate surface area is 76.2 Å². The Morgan fingerprint density at radius 3 is 2.46 bits per heavy atom. The third kappa shape index (κ3) is 3.37. The number of rotatable bonds is 4. The Balaban J connectivity index is 4.27. The number of nitrogens with two attached hydrogens (primary N) is 1. The van der Waals surface area contributed by atoms with E-state index in [-0.39, 0.29) is 6.42 Å². The van der Waals surface area contributed by atoms with Crippen LogP contribution in [0.2, 0.25) is 0 Å². The minimum Gasteiger partial charge on any atom is -0.468 e. The van der Waals surface area contributed by atoms with Gasteiger partial charge in [0.15, 0.2) is 0 Å². The molecule has 76 valence electrons. The summed E-state index contributed by atoms with van der Waals surface area (Å²) in [4.78, 5) is 20.8. The van der Waals surface area contributed by atoms with Crippen LogP contribution in [0.1, 0.15) is 20.3 Å². The van der Waals surface area contributed by atoms with Gasteiger partial charge in [0.1, 0.15) is 6.04 Å². The monoisotopic (exact) mass is 190 g/mol. The summed E-state index contributed by atoms with van der Waals surface area (Å²) < 4.78 is 4.35. The molecule has 0 saturated carbocycles. The van der Waals surface area contributed by atoms with Crippen molar-refractivity contribution in [2.45, 2.75) is 31.8 Å². The zero-order valence-corrected chi connectivity index (χ0v) is 7.94. The third-order valence-corrected chi connectivity index (χ3v) is 1.72. The van der Waals surface area contributed by atoms with E-state index in [0.29, 0.717) is 0 Å². The first-order valence-electron chi connectivity index (χ1n) is 3.79. The number of carbonyl (C=O) groups excluding carboxylic acids is 1. The van der Waals surface area contributed by atoms with Crippen LogP contribution >= 0.6 is 0 Å². The van der Waals surface area contributed by atoms with Crippen molar-refractivity contribution < 1.29 is 14.5 Å². The highest BCUT2D eigenvalue weighted by molar-refractivity contribution is 5.75. The maximum atomic E-state index is 10.8. The molecule has 6 nitrogen and oxygen atoms in total. The molecule has 1 unspecified atom stereocenters. The number of hydrogen-bond acceptors (Lipinski definition) is 5. The molecule has 0 aliphatic carbocycles. The third-order valence-electron chi connectivity index (χ3n) is 1.72. The maximum Gasteiger partial charge on any atom is 0.322 e. The zero-order chi connectivity index (χ0) is 10.6. The van der Waals surface area contributed by atoms with Gasteiger partial charge in [-0.05, 0) is 0 Å². The molecular weight excluding hydrogens is 176 g/mol. The molecule has 1 atom stereocenters. The second kappa shape index (κ2) is 4.18. The van der Waals surface area contributed by atoms with Crippen LogP contribution in [0, 0.1) is 10.1 Å². The van der Waals surface area contributed by atoms with E-state index < -0.39 is 22.5 Å². The van der Waals surface area contributed by atoms with Crippen molar-refractivity contribution in [1.29, 1.82) is 0 Å². The summed E-state index contributed by atoms with van der Waals surface area (Å²) in [6.45, 7) is 2.82. The van der Waals surface area contributed by atoms with Gasteiger partial charge < -0.3 is 10.5 Å². The normalized spacial score (nSPS) is 13.5. The van der Waals surface area contributed by atoms with Crippen LogP contribution in [0.4, 0.5) is 0 Å². The molecule has 0 aromatic heterocycles.